The molecule has 2 heteroatoms. The Bertz CT molecular complexity index is 736. The van der Waals surface area contributed by atoms with Gasteiger partial charge in [0.25, 0.3) is 0 Å². The molecule has 0 atom stereocenters. The van der Waals surface area contributed by atoms with Gasteiger partial charge in [-0.3, -0.25) is 0 Å². The zero-order chi connectivity index (χ0) is 13.9. The summed E-state index contributed by atoms with van der Waals surface area (Å²) in [5, 5.41) is 0. The first-order chi connectivity index (χ1) is 9.75. The Morgan fingerprint density at radius 1 is 0.952 bits per heavy atom. The Morgan fingerprint density at radius 2 is 1.76 bits per heavy atom. The van der Waals surface area contributed by atoms with Crippen molar-refractivity contribution in [2.45, 2.75) is 6.92 Å². The van der Waals surface area contributed by atoms with E-state index in [0.29, 0.717) is 0 Å². The number of hydrogen-bond donors (Lipinski definition) is 0. The summed E-state index contributed by atoms with van der Waals surface area (Å²) in [6.45, 7) is 2.14. The number of nitrogens with zero attached hydrogens (tertiary/aromatic N) is 1. The van der Waals surface area contributed by atoms with Crippen LogP contribution < -0.4 is 4.57 Å². The first-order valence-electron chi connectivity index (χ1n) is 6.70. The van der Waals surface area contributed by atoms with Crippen molar-refractivity contribution in [2.75, 3.05) is 0 Å². The standard InChI is InChI=1S/C19H16N.Y/c1-15-14-17(16-8-4-3-5-9-16)11-12-18(15)19-10-6-7-13-20(19)2;/h3-8,10,12-14H,1-2H3;/q-1;. The third-order valence-electron chi connectivity index (χ3n) is 3.49. The summed E-state index contributed by atoms with van der Waals surface area (Å²) in [4.78, 5) is 0. The molecule has 0 spiro atoms. The minimum Gasteiger partial charge on any atom is -0.226 e. The van der Waals surface area contributed by atoms with Gasteiger partial charge >= 0.3 is 0 Å². The van der Waals surface area contributed by atoms with Gasteiger partial charge in [0.05, 0.1) is 0 Å². The maximum absolute atomic E-state index is 3.38. The minimum absolute atomic E-state index is 0. The van der Waals surface area contributed by atoms with Gasteiger partial charge in [0.15, 0.2) is 11.9 Å². The molecule has 1 aromatic heterocycles. The van der Waals surface area contributed by atoms with Crippen LogP contribution in [0.4, 0.5) is 0 Å². The van der Waals surface area contributed by atoms with Crippen LogP contribution in [0, 0.1) is 19.1 Å². The molecule has 2 aromatic carbocycles. The van der Waals surface area contributed by atoms with E-state index in [1.807, 2.05) is 24.3 Å². The Labute approximate surface area is 151 Å². The topological polar surface area (TPSA) is 3.88 Å². The van der Waals surface area contributed by atoms with Gasteiger partial charge in [0.1, 0.15) is 7.05 Å². The molecule has 0 fully saturated rings. The van der Waals surface area contributed by atoms with E-state index in [1.165, 1.54) is 16.8 Å². The summed E-state index contributed by atoms with van der Waals surface area (Å²) in [5.41, 5.74) is 5.83. The predicted molar refractivity (Wildman–Crippen MR) is 80.9 cm³/mol. The van der Waals surface area contributed by atoms with Crippen molar-refractivity contribution < 1.29 is 37.3 Å². The van der Waals surface area contributed by atoms with E-state index in [1.54, 1.807) is 0 Å². The Morgan fingerprint density at radius 3 is 2.43 bits per heavy atom. The van der Waals surface area contributed by atoms with E-state index >= 15 is 0 Å². The molecule has 1 heterocycles. The van der Waals surface area contributed by atoms with Crippen LogP contribution >= 0.6 is 0 Å². The molecule has 1 radical (unpaired) electrons. The summed E-state index contributed by atoms with van der Waals surface area (Å²) in [6, 6.07) is 25.1. The molecule has 3 aromatic rings. The summed E-state index contributed by atoms with van der Waals surface area (Å²) < 4.78 is 2.13. The fourth-order valence-electron chi connectivity index (χ4n) is 2.40. The molecule has 101 valence electrons. The smallest absolute Gasteiger partial charge is 0.171 e. The molecular weight excluding hydrogens is 331 g/mol. The number of benzene rings is 2. The first kappa shape index (κ1) is 16.1. The fourth-order valence-corrected chi connectivity index (χ4v) is 2.40. The third-order valence-corrected chi connectivity index (χ3v) is 3.49. The average Bonchev–Trinajstić information content (AvgIpc) is 2.49. The van der Waals surface area contributed by atoms with Crippen LogP contribution in [0.25, 0.3) is 22.4 Å². The fraction of sp³-hybridized carbons (Fsp3) is 0.105. The zero-order valence-electron chi connectivity index (χ0n) is 12.3. The van der Waals surface area contributed by atoms with Crippen molar-refractivity contribution in [2.24, 2.45) is 7.05 Å². The Kier molecular flexibility index (Phi) is 5.44. The number of aryl methyl sites for hydroxylation is 2. The SMILES string of the molecule is Cc1cc(-c2[c-]cccc2)[c-]cc1-c1cccc[n+]1C.[Y]. The van der Waals surface area contributed by atoms with Crippen LogP contribution in [0.5, 0.6) is 0 Å². The van der Waals surface area contributed by atoms with Crippen molar-refractivity contribution in [3.8, 4) is 22.4 Å². The maximum atomic E-state index is 3.38. The van der Waals surface area contributed by atoms with Crippen molar-refractivity contribution in [1.29, 1.82) is 0 Å². The second-order valence-corrected chi connectivity index (χ2v) is 4.92. The number of aromatic nitrogens is 1. The van der Waals surface area contributed by atoms with Crippen molar-refractivity contribution >= 4 is 0 Å². The van der Waals surface area contributed by atoms with Gasteiger partial charge in [0.2, 0.25) is 0 Å². The molecular formula is C19H16NY-. The summed E-state index contributed by atoms with van der Waals surface area (Å²) in [7, 11) is 2.06. The maximum Gasteiger partial charge on any atom is 0.171 e. The van der Waals surface area contributed by atoms with Gasteiger partial charge in [0, 0.05) is 44.8 Å². The van der Waals surface area contributed by atoms with E-state index in [-0.39, 0.29) is 32.7 Å². The van der Waals surface area contributed by atoms with Crippen molar-refractivity contribution in [1.82, 2.24) is 0 Å². The molecule has 0 amide bonds. The second-order valence-electron chi connectivity index (χ2n) is 4.92. The number of hydrogen-bond acceptors (Lipinski definition) is 0. The van der Waals surface area contributed by atoms with E-state index in [0.717, 1.165) is 11.1 Å². The first-order valence-corrected chi connectivity index (χ1v) is 6.70. The summed E-state index contributed by atoms with van der Waals surface area (Å²) in [5.74, 6) is 0. The van der Waals surface area contributed by atoms with Gasteiger partial charge in [-0.25, -0.2) is 15.7 Å². The quantitative estimate of drug-likeness (QED) is 0.491. The molecule has 0 bridgehead atoms. The molecule has 0 aliphatic rings. The Hall–Kier alpha value is -1.31. The van der Waals surface area contributed by atoms with Gasteiger partial charge < -0.3 is 0 Å². The van der Waals surface area contributed by atoms with Crippen LogP contribution in [0.15, 0.2) is 60.8 Å². The minimum atomic E-state index is 0. The van der Waals surface area contributed by atoms with Crippen LogP contribution in [0.1, 0.15) is 5.56 Å². The zero-order valence-corrected chi connectivity index (χ0v) is 15.1. The summed E-state index contributed by atoms with van der Waals surface area (Å²) in [6.07, 6.45) is 2.06. The molecule has 0 saturated heterocycles. The normalized spacial score (nSPS) is 10.0. The van der Waals surface area contributed by atoms with Crippen molar-refractivity contribution in [3.05, 3.63) is 78.5 Å². The van der Waals surface area contributed by atoms with Crippen LogP contribution in [-0.4, -0.2) is 0 Å². The molecule has 0 aliphatic carbocycles. The number of rotatable bonds is 2. The summed E-state index contributed by atoms with van der Waals surface area (Å²) >= 11 is 0. The van der Waals surface area contributed by atoms with Gasteiger partial charge in [-0.1, -0.05) is 13.0 Å². The molecule has 0 saturated carbocycles. The van der Waals surface area contributed by atoms with E-state index in [9.17, 15) is 0 Å². The van der Waals surface area contributed by atoms with Gasteiger partial charge in [-0.2, -0.15) is 36.4 Å². The van der Waals surface area contributed by atoms with Crippen LogP contribution in [0.2, 0.25) is 0 Å². The second kappa shape index (κ2) is 7.11. The van der Waals surface area contributed by atoms with Gasteiger partial charge in [-0.05, 0) is 5.56 Å². The molecule has 21 heavy (non-hydrogen) atoms. The molecule has 0 unspecified atom stereocenters. The van der Waals surface area contributed by atoms with E-state index < -0.39 is 0 Å². The molecule has 0 N–H and O–H groups in total. The number of pyridine rings is 1. The monoisotopic (exact) mass is 347 g/mol. The Balaban J connectivity index is 0.00000161. The van der Waals surface area contributed by atoms with Crippen molar-refractivity contribution in [3.63, 3.8) is 0 Å². The van der Waals surface area contributed by atoms with E-state index in [2.05, 4.69) is 67.2 Å². The van der Waals surface area contributed by atoms with Crippen LogP contribution in [-0.2, 0) is 39.8 Å². The molecule has 1 nitrogen and oxygen atoms in total. The van der Waals surface area contributed by atoms with Gasteiger partial charge in [-0.15, -0.1) is 17.7 Å². The largest absolute Gasteiger partial charge is 0.226 e. The molecule has 0 aliphatic heterocycles. The van der Waals surface area contributed by atoms with Crippen LogP contribution in [0.3, 0.4) is 0 Å². The predicted octanol–water partition coefficient (Wildman–Crippen LogP) is 3.75. The molecule has 3 rings (SSSR count). The van der Waals surface area contributed by atoms with E-state index in [4.69, 9.17) is 0 Å². The average molecular weight is 347 g/mol. The third kappa shape index (κ3) is 3.48.